The van der Waals surface area contributed by atoms with Crippen LogP contribution in [0, 0.1) is 11.6 Å². The minimum absolute atomic E-state index is 0.0347. The molecule has 0 fully saturated rings. The molecule has 112 valence electrons. The van der Waals surface area contributed by atoms with Crippen molar-refractivity contribution < 1.29 is 8.78 Å². The Morgan fingerprint density at radius 2 is 2.00 bits per heavy atom. The highest BCUT2D eigenvalue weighted by atomic mass is 35.5. The van der Waals surface area contributed by atoms with Crippen LogP contribution in [0.15, 0.2) is 53.7 Å². The summed E-state index contributed by atoms with van der Waals surface area (Å²) in [5, 5.41) is -0.243. The number of aromatic nitrogens is 2. The second kappa shape index (κ2) is 6.37. The Labute approximate surface area is 134 Å². The van der Waals surface area contributed by atoms with Crippen LogP contribution in [0.1, 0.15) is 0 Å². The first-order valence-electron chi connectivity index (χ1n) is 6.31. The number of rotatable bonds is 4. The quantitative estimate of drug-likeness (QED) is 0.512. The van der Waals surface area contributed by atoms with E-state index in [9.17, 15) is 8.78 Å². The zero-order valence-corrected chi connectivity index (χ0v) is 12.7. The van der Waals surface area contributed by atoms with Gasteiger partial charge in [0.25, 0.3) is 0 Å². The van der Waals surface area contributed by atoms with Gasteiger partial charge in [0.1, 0.15) is 11.6 Å². The number of hydrogen-bond acceptors (Lipinski definition) is 3. The average molecular weight is 338 g/mol. The van der Waals surface area contributed by atoms with E-state index in [1.54, 1.807) is 12.4 Å². The molecular formula is C15H10ClF2N3S. The topological polar surface area (TPSA) is 40.7 Å². The molecule has 2 aromatic heterocycles. The SMILES string of the molecule is Fc1cc(NSc2c[nH]c(-c3ccccn3)c2)c(F)cc1Cl. The van der Waals surface area contributed by atoms with Crippen LogP contribution in [0.25, 0.3) is 11.4 Å². The number of halogens is 3. The fourth-order valence-corrected chi connectivity index (χ4v) is 2.65. The van der Waals surface area contributed by atoms with Gasteiger partial charge in [-0.1, -0.05) is 17.7 Å². The summed E-state index contributed by atoms with van der Waals surface area (Å²) in [6.45, 7) is 0. The highest BCUT2D eigenvalue weighted by Crippen LogP contribution is 2.29. The molecule has 0 aliphatic rings. The zero-order chi connectivity index (χ0) is 15.5. The third kappa shape index (κ3) is 3.23. The van der Waals surface area contributed by atoms with Gasteiger partial charge < -0.3 is 9.71 Å². The van der Waals surface area contributed by atoms with Crippen LogP contribution >= 0.6 is 23.5 Å². The molecule has 0 amide bonds. The highest BCUT2D eigenvalue weighted by molar-refractivity contribution is 8.00. The van der Waals surface area contributed by atoms with Gasteiger partial charge >= 0.3 is 0 Å². The van der Waals surface area contributed by atoms with E-state index in [-0.39, 0.29) is 10.7 Å². The Balaban J connectivity index is 1.73. The van der Waals surface area contributed by atoms with E-state index in [0.717, 1.165) is 40.4 Å². The number of nitrogens with zero attached hydrogens (tertiary/aromatic N) is 1. The second-order valence-corrected chi connectivity index (χ2v) is 5.70. The van der Waals surface area contributed by atoms with Crippen molar-refractivity contribution in [2.24, 2.45) is 0 Å². The molecular weight excluding hydrogens is 328 g/mol. The van der Waals surface area contributed by atoms with Crippen molar-refractivity contribution in [1.29, 1.82) is 0 Å². The molecule has 0 bridgehead atoms. The van der Waals surface area contributed by atoms with Gasteiger partial charge in [0, 0.05) is 23.4 Å². The number of nitrogens with one attached hydrogen (secondary N) is 2. The summed E-state index contributed by atoms with van der Waals surface area (Å²) in [6.07, 6.45) is 3.46. The lowest BCUT2D eigenvalue weighted by Gasteiger charge is -2.06. The first-order valence-corrected chi connectivity index (χ1v) is 7.50. The van der Waals surface area contributed by atoms with Gasteiger partial charge in [0.05, 0.1) is 22.1 Å². The lowest BCUT2D eigenvalue weighted by molar-refractivity contribution is 0.604. The van der Waals surface area contributed by atoms with Gasteiger partial charge in [0.2, 0.25) is 0 Å². The maximum atomic E-state index is 13.7. The summed E-state index contributed by atoms with van der Waals surface area (Å²) in [4.78, 5) is 8.13. The van der Waals surface area contributed by atoms with Crippen LogP contribution in [-0.4, -0.2) is 9.97 Å². The lowest BCUT2D eigenvalue weighted by atomic mass is 10.3. The molecule has 0 saturated heterocycles. The standard InChI is InChI=1S/C15H10ClF2N3S/c16-10-6-12(18)14(7-11(10)17)21-22-9-5-15(20-8-9)13-3-1-2-4-19-13/h1-8,20-21H. The Bertz CT molecular complexity index is 793. The molecule has 1 aromatic carbocycles. The monoisotopic (exact) mass is 337 g/mol. The fourth-order valence-electron chi connectivity index (χ4n) is 1.82. The van der Waals surface area contributed by atoms with Gasteiger partial charge in [-0.25, -0.2) is 8.78 Å². The van der Waals surface area contributed by atoms with Gasteiger partial charge in [-0.2, -0.15) is 0 Å². The molecule has 2 N–H and O–H groups in total. The molecule has 3 rings (SSSR count). The van der Waals surface area contributed by atoms with Crippen LogP contribution in [0.2, 0.25) is 5.02 Å². The molecule has 0 aliphatic carbocycles. The third-order valence-electron chi connectivity index (χ3n) is 2.89. The summed E-state index contributed by atoms with van der Waals surface area (Å²) in [6, 6.07) is 9.43. The van der Waals surface area contributed by atoms with E-state index in [4.69, 9.17) is 11.6 Å². The summed E-state index contributed by atoms with van der Waals surface area (Å²) in [5.74, 6) is -1.28. The van der Waals surface area contributed by atoms with Crippen LogP contribution in [0.5, 0.6) is 0 Å². The van der Waals surface area contributed by atoms with Crippen LogP contribution in [-0.2, 0) is 0 Å². The van der Waals surface area contributed by atoms with Crippen molar-refractivity contribution >= 4 is 29.2 Å². The molecule has 0 unspecified atom stereocenters. The van der Waals surface area contributed by atoms with Crippen LogP contribution in [0.4, 0.5) is 14.5 Å². The number of benzene rings is 1. The Kier molecular flexibility index (Phi) is 4.31. The van der Waals surface area contributed by atoms with Crippen molar-refractivity contribution in [3.8, 4) is 11.4 Å². The third-order valence-corrected chi connectivity index (χ3v) is 3.97. The molecule has 0 saturated carbocycles. The van der Waals surface area contributed by atoms with Crippen molar-refractivity contribution in [2.75, 3.05) is 4.72 Å². The van der Waals surface area contributed by atoms with Gasteiger partial charge in [0.15, 0.2) is 0 Å². The van der Waals surface area contributed by atoms with Crippen molar-refractivity contribution in [1.82, 2.24) is 9.97 Å². The van der Waals surface area contributed by atoms with Crippen molar-refractivity contribution in [3.63, 3.8) is 0 Å². The van der Waals surface area contributed by atoms with Crippen LogP contribution in [0.3, 0.4) is 0 Å². The van der Waals surface area contributed by atoms with E-state index in [2.05, 4.69) is 14.7 Å². The van der Waals surface area contributed by atoms with Crippen LogP contribution < -0.4 is 4.72 Å². The summed E-state index contributed by atoms with van der Waals surface area (Å²) in [5.41, 5.74) is 1.68. The van der Waals surface area contributed by atoms with Crippen molar-refractivity contribution in [3.05, 3.63) is 65.4 Å². The fraction of sp³-hybridized carbons (Fsp3) is 0. The lowest BCUT2D eigenvalue weighted by Crippen LogP contribution is -1.92. The number of hydrogen-bond donors (Lipinski definition) is 2. The molecule has 0 spiro atoms. The Morgan fingerprint density at radius 3 is 2.77 bits per heavy atom. The number of anilines is 1. The summed E-state index contributed by atoms with van der Waals surface area (Å²) < 4.78 is 29.8. The Hall–Kier alpha value is -2.05. The molecule has 0 atom stereocenters. The zero-order valence-electron chi connectivity index (χ0n) is 11.1. The van der Waals surface area contributed by atoms with Gasteiger partial charge in [-0.15, -0.1) is 0 Å². The first kappa shape index (κ1) is 14.9. The maximum absolute atomic E-state index is 13.7. The molecule has 0 radical (unpaired) electrons. The van der Waals surface area contributed by atoms with E-state index in [0.29, 0.717) is 0 Å². The average Bonchev–Trinajstić information content (AvgIpc) is 2.99. The smallest absolute Gasteiger partial charge is 0.148 e. The molecule has 3 nitrogen and oxygen atoms in total. The van der Waals surface area contributed by atoms with E-state index < -0.39 is 11.6 Å². The van der Waals surface area contributed by atoms with E-state index in [1.807, 2.05) is 24.3 Å². The first-order chi connectivity index (χ1) is 10.6. The molecule has 22 heavy (non-hydrogen) atoms. The predicted octanol–water partition coefficient (Wildman–Crippen LogP) is 5.13. The minimum atomic E-state index is -0.672. The van der Waals surface area contributed by atoms with Gasteiger partial charge in [-0.05, 0) is 36.2 Å². The molecule has 3 aromatic rings. The van der Waals surface area contributed by atoms with E-state index >= 15 is 0 Å². The largest absolute Gasteiger partial charge is 0.359 e. The van der Waals surface area contributed by atoms with E-state index in [1.165, 1.54) is 0 Å². The predicted molar refractivity (Wildman–Crippen MR) is 84.9 cm³/mol. The molecule has 2 heterocycles. The maximum Gasteiger partial charge on any atom is 0.148 e. The summed E-state index contributed by atoms with van der Waals surface area (Å²) in [7, 11) is 0. The highest BCUT2D eigenvalue weighted by Gasteiger charge is 2.09. The minimum Gasteiger partial charge on any atom is -0.359 e. The number of H-pyrrole nitrogens is 1. The van der Waals surface area contributed by atoms with Gasteiger partial charge in [-0.3, -0.25) is 4.98 Å². The molecule has 0 aliphatic heterocycles. The number of pyridine rings is 1. The summed E-state index contributed by atoms with van der Waals surface area (Å²) >= 11 is 6.67. The number of aromatic amines is 1. The second-order valence-electron chi connectivity index (χ2n) is 4.41. The Morgan fingerprint density at radius 1 is 1.14 bits per heavy atom. The normalized spacial score (nSPS) is 10.7. The molecule has 7 heteroatoms. The van der Waals surface area contributed by atoms with Crippen molar-refractivity contribution in [2.45, 2.75) is 4.90 Å².